The van der Waals surface area contributed by atoms with Crippen molar-refractivity contribution in [3.8, 4) is 0 Å². The molecule has 1 atom stereocenters. The maximum Gasteiger partial charge on any atom is 0.407 e. The van der Waals surface area contributed by atoms with Gasteiger partial charge in [0.05, 0.1) is 25.7 Å². The summed E-state index contributed by atoms with van der Waals surface area (Å²) in [5.74, 6) is -0.600. The van der Waals surface area contributed by atoms with Crippen molar-refractivity contribution in [2.24, 2.45) is 0 Å². The molecular formula is C17H20ClNO5. The monoisotopic (exact) mass is 353 g/mol. The molecule has 1 aliphatic carbocycles. The summed E-state index contributed by atoms with van der Waals surface area (Å²) in [5.41, 5.74) is 2.49. The van der Waals surface area contributed by atoms with Gasteiger partial charge in [0.1, 0.15) is 0 Å². The first-order valence-corrected chi connectivity index (χ1v) is 8.08. The van der Waals surface area contributed by atoms with E-state index in [9.17, 15) is 14.4 Å². The summed E-state index contributed by atoms with van der Waals surface area (Å²) in [5, 5.41) is 3.15. The number of alkyl carbamates (subject to hydrolysis) is 1. The number of amides is 1. The highest BCUT2D eigenvalue weighted by Crippen LogP contribution is 2.29. The normalized spacial score (nSPS) is 16.0. The molecule has 130 valence electrons. The molecule has 6 nitrogen and oxygen atoms in total. The van der Waals surface area contributed by atoms with Crippen molar-refractivity contribution in [1.29, 1.82) is 0 Å². The number of halogens is 1. The molecule has 0 aliphatic heterocycles. The van der Waals surface area contributed by atoms with E-state index in [1.807, 2.05) is 0 Å². The minimum absolute atomic E-state index is 0.0121. The Balaban J connectivity index is 2.09. The molecule has 0 heterocycles. The fourth-order valence-corrected chi connectivity index (χ4v) is 3.09. The van der Waals surface area contributed by atoms with E-state index in [2.05, 4.69) is 14.8 Å². The van der Waals surface area contributed by atoms with Crippen LogP contribution in [-0.4, -0.2) is 38.1 Å². The van der Waals surface area contributed by atoms with Gasteiger partial charge in [-0.3, -0.25) is 9.59 Å². The Morgan fingerprint density at radius 3 is 2.58 bits per heavy atom. The minimum Gasteiger partial charge on any atom is -0.469 e. The maximum absolute atomic E-state index is 12.3. The summed E-state index contributed by atoms with van der Waals surface area (Å²) in [6, 6.07) is 3.56. The molecule has 0 radical (unpaired) electrons. The fraction of sp³-hybridized carbons (Fsp3) is 0.471. The standard InChI is InChI=1S/C17H20ClNO5/c1-23-16(21)6-5-15(20)13-8-10-3-4-12(19-17(22)24-2)7-11(10)9-14(13)18/h8-9,12H,3-7H2,1-2H3,(H,19,22). The van der Waals surface area contributed by atoms with Gasteiger partial charge in [0.15, 0.2) is 5.78 Å². The van der Waals surface area contributed by atoms with Crippen molar-refractivity contribution in [3.63, 3.8) is 0 Å². The van der Waals surface area contributed by atoms with Gasteiger partial charge in [-0.1, -0.05) is 11.6 Å². The molecule has 1 aromatic carbocycles. The van der Waals surface area contributed by atoms with Gasteiger partial charge in [-0.05, 0) is 42.5 Å². The Morgan fingerprint density at radius 1 is 1.17 bits per heavy atom. The number of hydrogen-bond donors (Lipinski definition) is 1. The Kier molecular flexibility index (Phi) is 6.20. The molecule has 2 rings (SSSR count). The van der Waals surface area contributed by atoms with Crippen molar-refractivity contribution >= 4 is 29.4 Å². The van der Waals surface area contributed by atoms with Gasteiger partial charge < -0.3 is 14.8 Å². The van der Waals surface area contributed by atoms with Crippen LogP contribution in [0.15, 0.2) is 12.1 Å². The Morgan fingerprint density at radius 2 is 1.92 bits per heavy atom. The smallest absolute Gasteiger partial charge is 0.407 e. The topological polar surface area (TPSA) is 81.7 Å². The molecule has 1 aliphatic rings. The number of ketones is 1. The van der Waals surface area contributed by atoms with E-state index >= 15 is 0 Å². The van der Waals surface area contributed by atoms with Gasteiger partial charge in [0.25, 0.3) is 0 Å². The molecule has 1 unspecified atom stereocenters. The predicted octanol–water partition coefficient (Wildman–Crippen LogP) is 2.69. The van der Waals surface area contributed by atoms with Crippen molar-refractivity contribution in [3.05, 3.63) is 33.8 Å². The molecule has 1 N–H and O–H groups in total. The van der Waals surface area contributed by atoms with E-state index < -0.39 is 12.1 Å². The van der Waals surface area contributed by atoms with Crippen molar-refractivity contribution < 1.29 is 23.9 Å². The number of ether oxygens (including phenoxy) is 2. The third-order valence-electron chi connectivity index (χ3n) is 4.11. The van der Waals surface area contributed by atoms with Gasteiger partial charge in [0.2, 0.25) is 0 Å². The lowest BCUT2D eigenvalue weighted by Crippen LogP contribution is -2.38. The van der Waals surface area contributed by atoms with Crippen molar-refractivity contribution in [1.82, 2.24) is 5.32 Å². The minimum atomic E-state index is -0.454. The highest BCUT2D eigenvalue weighted by Gasteiger charge is 2.23. The molecule has 0 aromatic heterocycles. The summed E-state index contributed by atoms with van der Waals surface area (Å²) in [7, 11) is 2.62. The second kappa shape index (κ2) is 8.15. The van der Waals surface area contributed by atoms with E-state index in [0.717, 1.165) is 24.0 Å². The summed E-state index contributed by atoms with van der Waals surface area (Å²) in [6.07, 6.45) is 1.79. The molecule has 24 heavy (non-hydrogen) atoms. The highest BCUT2D eigenvalue weighted by atomic mass is 35.5. The number of aryl methyl sites for hydroxylation is 1. The van der Waals surface area contributed by atoms with Crippen LogP contribution in [0.25, 0.3) is 0 Å². The lowest BCUT2D eigenvalue weighted by molar-refractivity contribution is -0.140. The van der Waals surface area contributed by atoms with E-state index in [4.69, 9.17) is 11.6 Å². The molecule has 1 aromatic rings. The summed E-state index contributed by atoms with van der Waals surface area (Å²) in [4.78, 5) is 34.7. The first-order chi connectivity index (χ1) is 11.4. The van der Waals surface area contributed by atoms with Gasteiger partial charge >= 0.3 is 12.1 Å². The van der Waals surface area contributed by atoms with Gasteiger partial charge in [-0.25, -0.2) is 4.79 Å². The van der Waals surface area contributed by atoms with Crippen LogP contribution in [0.1, 0.15) is 40.7 Å². The number of fused-ring (bicyclic) bond motifs is 1. The lowest BCUT2D eigenvalue weighted by atomic mass is 9.86. The Hall–Kier alpha value is -2.08. The first kappa shape index (κ1) is 18.3. The summed E-state index contributed by atoms with van der Waals surface area (Å²) < 4.78 is 9.15. The molecule has 0 bridgehead atoms. The number of carbonyl (C=O) groups is 3. The number of Topliss-reactive ketones (excluding diaryl/α,β-unsaturated/α-hetero) is 1. The van der Waals surface area contributed by atoms with E-state index in [0.29, 0.717) is 17.0 Å². The zero-order valence-corrected chi connectivity index (χ0v) is 14.4. The molecule has 0 fully saturated rings. The average Bonchev–Trinajstić information content (AvgIpc) is 2.58. The largest absolute Gasteiger partial charge is 0.469 e. The summed E-state index contributed by atoms with van der Waals surface area (Å²) >= 11 is 6.24. The van der Waals surface area contributed by atoms with Crippen LogP contribution < -0.4 is 5.32 Å². The van der Waals surface area contributed by atoms with Crippen LogP contribution in [0.3, 0.4) is 0 Å². The molecule has 0 spiro atoms. The fourth-order valence-electron chi connectivity index (χ4n) is 2.79. The van der Waals surface area contributed by atoms with Gasteiger partial charge in [0, 0.05) is 18.0 Å². The second-order valence-electron chi connectivity index (χ2n) is 5.68. The molecular weight excluding hydrogens is 334 g/mol. The number of benzene rings is 1. The lowest BCUT2D eigenvalue weighted by Gasteiger charge is -2.25. The van der Waals surface area contributed by atoms with Crippen LogP contribution in [0.2, 0.25) is 5.02 Å². The molecule has 7 heteroatoms. The van der Waals surface area contributed by atoms with E-state index in [1.165, 1.54) is 14.2 Å². The number of esters is 1. The predicted molar refractivity (Wildman–Crippen MR) is 88.4 cm³/mol. The summed E-state index contributed by atoms with van der Waals surface area (Å²) in [6.45, 7) is 0. The van der Waals surface area contributed by atoms with Crippen LogP contribution in [0.4, 0.5) is 4.79 Å². The number of rotatable bonds is 5. The van der Waals surface area contributed by atoms with Crippen LogP contribution in [0.5, 0.6) is 0 Å². The Bertz CT molecular complexity index is 659. The SMILES string of the molecule is COC(=O)CCC(=O)c1cc2c(cc1Cl)CC(NC(=O)OC)CC2. The Labute approximate surface area is 145 Å². The quantitative estimate of drug-likeness (QED) is 0.650. The maximum atomic E-state index is 12.3. The number of carbonyl (C=O) groups excluding carboxylic acids is 3. The van der Waals surface area contributed by atoms with Gasteiger partial charge in [-0.15, -0.1) is 0 Å². The van der Waals surface area contributed by atoms with Crippen molar-refractivity contribution in [2.45, 2.75) is 38.1 Å². The van der Waals surface area contributed by atoms with E-state index in [-0.39, 0.29) is 24.7 Å². The first-order valence-electron chi connectivity index (χ1n) is 7.70. The third kappa shape index (κ3) is 4.47. The third-order valence-corrected chi connectivity index (χ3v) is 4.42. The zero-order chi connectivity index (χ0) is 17.7. The number of methoxy groups -OCH3 is 2. The number of nitrogens with one attached hydrogen (secondary N) is 1. The molecule has 1 amide bonds. The average molecular weight is 354 g/mol. The second-order valence-corrected chi connectivity index (χ2v) is 6.08. The molecule has 0 saturated heterocycles. The van der Waals surface area contributed by atoms with E-state index in [1.54, 1.807) is 12.1 Å². The van der Waals surface area contributed by atoms with Crippen LogP contribution >= 0.6 is 11.6 Å². The van der Waals surface area contributed by atoms with Crippen molar-refractivity contribution in [2.75, 3.05) is 14.2 Å². The van der Waals surface area contributed by atoms with Gasteiger partial charge in [-0.2, -0.15) is 0 Å². The van der Waals surface area contributed by atoms with Crippen LogP contribution in [0, 0.1) is 0 Å². The zero-order valence-electron chi connectivity index (χ0n) is 13.7. The number of hydrogen-bond acceptors (Lipinski definition) is 5. The molecule has 0 saturated carbocycles. The highest BCUT2D eigenvalue weighted by molar-refractivity contribution is 6.34. The van der Waals surface area contributed by atoms with Crippen LogP contribution in [-0.2, 0) is 27.1 Å².